The van der Waals surface area contributed by atoms with Gasteiger partial charge in [0.2, 0.25) is 0 Å². The average Bonchev–Trinajstić information content (AvgIpc) is 0.722. The Labute approximate surface area is 53.0 Å². The Kier molecular flexibility index (Phi) is 10.2. The second kappa shape index (κ2) is 4.55. The monoisotopic (exact) mass is 122 g/mol. The molecule has 0 atom stereocenters. The predicted octanol–water partition coefficient (Wildman–Crippen LogP) is -7.84. The molecule has 0 spiro atoms. The van der Waals surface area contributed by atoms with Gasteiger partial charge in [0.25, 0.3) is 10.2 Å². The number of hydrogen-bond acceptors (Lipinski definition) is 2. The van der Waals surface area contributed by atoms with Crippen molar-refractivity contribution in [1.29, 1.82) is 0 Å². The smallest absolute Gasteiger partial charge is 1.00 e. The molecule has 7 heteroatoms. The zero-order valence-electron chi connectivity index (χ0n) is 3.76. The topological polar surface area (TPSA) is 86.2 Å². The Hall–Kier alpha value is 0.397. The van der Waals surface area contributed by atoms with Crippen molar-refractivity contribution in [2.75, 3.05) is 0 Å². The molecule has 0 fully saturated rings. The Balaban J connectivity index is -0.0000000800. The van der Waals surface area contributed by atoms with Gasteiger partial charge < -0.3 is 4.70 Å². The van der Waals surface area contributed by atoms with Crippen LogP contribution in [0.4, 0.5) is 0 Å². The summed E-state index contributed by atoms with van der Waals surface area (Å²) in [5.41, 5.74) is 0. The molecule has 0 bridgehead atoms. The molecule has 0 radical (unpaired) electrons. The van der Waals surface area contributed by atoms with Crippen LogP contribution in [0.25, 0.3) is 0 Å². The molecule has 0 aliphatic carbocycles. The molecule has 0 saturated heterocycles. The second-order valence-electron chi connectivity index (χ2n) is 0.589. The van der Waals surface area contributed by atoms with Gasteiger partial charge >= 0.3 is 18.9 Å². The van der Waals surface area contributed by atoms with Gasteiger partial charge in [0.05, 0.1) is 0 Å². The fraction of sp³-hybridized carbons (Fsp3) is 0. The molecular weight excluding hydrogens is 118 g/mol. The Morgan fingerprint density at radius 2 is 1.14 bits per heavy atom. The van der Waals surface area contributed by atoms with Crippen LogP contribution in [0.2, 0.25) is 0 Å². The van der Waals surface area contributed by atoms with E-state index in [1.807, 2.05) is 0 Å². The molecule has 7 heavy (non-hydrogen) atoms. The third-order valence-electron chi connectivity index (χ3n) is 0. The van der Waals surface area contributed by atoms with Crippen molar-refractivity contribution in [3.8, 4) is 0 Å². The number of hydrogen-bond donors (Lipinski definition) is 2. The molecule has 0 heterocycles. The van der Waals surface area contributed by atoms with Gasteiger partial charge in [0.1, 0.15) is 0 Å². The summed E-state index contributed by atoms with van der Waals surface area (Å²) in [6.45, 7) is 0. The minimum atomic E-state index is -3.67. The Bertz CT molecular complexity index is 98.9. The van der Waals surface area contributed by atoms with Crippen LogP contribution < -0.4 is 33.8 Å². The van der Waals surface area contributed by atoms with Crippen LogP contribution in [0.1, 0.15) is 0 Å². The molecule has 0 amide bonds. The maximum atomic E-state index is 9.19. The van der Waals surface area contributed by atoms with Gasteiger partial charge in [0, 0.05) is 0 Å². The van der Waals surface area contributed by atoms with Gasteiger partial charge in [-0.05, 0) is 0 Å². The molecule has 0 aromatic rings. The van der Waals surface area contributed by atoms with E-state index in [0.717, 1.165) is 0 Å². The van der Waals surface area contributed by atoms with Gasteiger partial charge in [-0.3, -0.25) is 0 Å². The standard InChI is InChI=1S/FH.Li.H4N2O2S/c;;1-5(2,3)4/h1H;;(H4,1,2,3,4)/q;+1;/p-1. The van der Waals surface area contributed by atoms with E-state index in [0.29, 0.717) is 0 Å². The summed E-state index contributed by atoms with van der Waals surface area (Å²) in [7, 11) is -3.67. The van der Waals surface area contributed by atoms with E-state index >= 15 is 0 Å². The maximum absolute atomic E-state index is 9.19. The molecule has 4 N–H and O–H groups in total. The summed E-state index contributed by atoms with van der Waals surface area (Å²) in [5.74, 6) is 0. The van der Waals surface area contributed by atoms with Crippen LogP contribution in [0.15, 0.2) is 0 Å². The van der Waals surface area contributed by atoms with Crippen molar-refractivity contribution in [3.63, 3.8) is 0 Å². The quantitative estimate of drug-likeness (QED) is 0.312. The van der Waals surface area contributed by atoms with E-state index in [9.17, 15) is 8.42 Å². The molecule has 0 aromatic heterocycles. The predicted molar refractivity (Wildman–Crippen MR) is 17.3 cm³/mol. The fourth-order valence-corrected chi connectivity index (χ4v) is 0. The normalized spacial score (nSPS) is 8.29. The van der Waals surface area contributed by atoms with E-state index in [2.05, 4.69) is 10.3 Å². The van der Waals surface area contributed by atoms with Gasteiger partial charge in [-0.2, -0.15) is 8.42 Å². The van der Waals surface area contributed by atoms with Gasteiger partial charge in [-0.1, -0.05) is 0 Å². The van der Waals surface area contributed by atoms with Crippen LogP contribution in [-0.4, -0.2) is 8.42 Å². The summed E-state index contributed by atoms with van der Waals surface area (Å²) in [4.78, 5) is 0. The Morgan fingerprint density at radius 1 is 1.14 bits per heavy atom. The molecule has 40 valence electrons. The van der Waals surface area contributed by atoms with Gasteiger partial charge in [-0.25, -0.2) is 10.3 Å². The zero-order chi connectivity index (χ0) is 4.50. The maximum Gasteiger partial charge on any atom is 1.00 e. The molecule has 4 nitrogen and oxygen atoms in total. The second-order valence-corrected chi connectivity index (χ2v) is 1.77. The van der Waals surface area contributed by atoms with Crippen molar-refractivity contribution in [2.24, 2.45) is 10.3 Å². The third-order valence-corrected chi connectivity index (χ3v) is 0. The first-order chi connectivity index (χ1) is 2.00. The molecule has 0 aliphatic heterocycles. The molecule has 0 saturated carbocycles. The van der Waals surface area contributed by atoms with E-state index in [1.54, 1.807) is 0 Å². The molecular formula is H4FLiN2O2S. The van der Waals surface area contributed by atoms with Crippen LogP contribution in [-0.2, 0) is 10.2 Å². The first-order valence-electron chi connectivity index (χ1n) is 0.805. The van der Waals surface area contributed by atoms with Crippen molar-refractivity contribution in [2.45, 2.75) is 0 Å². The minimum Gasteiger partial charge on any atom is -1.00 e. The van der Waals surface area contributed by atoms with E-state index in [4.69, 9.17) is 0 Å². The average molecular weight is 122 g/mol. The summed E-state index contributed by atoms with van der Waals surface area (Å²) >= 11 is 0. The molecule has 0 aliphatic rings. The number of halogens is 1. The first kappa shape index (κ1) is 15.7. The van der Waals surface area contributed by atoms with E-state index in [1.165, 1.54) is 0 Å². The van der Waals surface area contributed by atoms with Crippen molar-refractivity contribution in [3.05, 3.63) is 0 Å². The van der Waals surface area contributed by atoms with Crippen LogP contribution in [0.5, 0.6) is 0 Å². The molecule has 0 unspecified atom stereocenters. The SMILES string of the molecule is NS(N)(=O)=O.[F-].[Li+]. The largest absolute Gasteiger partial charge is 1.00 e. The van der Waals surface area contributed by atoms with Crippen molar-refractivity contribution in [1.82, 2.24) is 0 Å². The Morgan fingerprint density at radius 3 is 1.14 bits per heavy atom. The van der Waals surface area contributed by atoms with Gasteiger partial charge in [0.15, 0.2) is 0 Å². The zero-order valence-corrected chi connectivity index (χ0v) is 4.57. The summed E-state index contributed by atoms with van der Waals surface area (Å²) < 4.78 is 18.4. The van der Waals surface area contributed by atoms with Crippen LogP contribution in [0.3, 0.4) is 0 Å². The molecule has 0 aromatic carbocycles. The van der Waals surface area contributed by atoms with Crippen molar-refractivity contribution < 1.29 is 32.0 Å². The number of rotatable bonds is 0. The van der Waals surface area contributed by atoms with E-state index < -0.39 is 10.2 Å². The summed E-state index contributed by atoms with van der Waals surface area (Å²) in [5, 5.41) is 8.21. The van der Waals surface area contributed by atoms with Crippen LogP contribution >= 0.6 is 0 Å². The van der Waals surface area contributed by atoms with Crippen molar-refractivity contribution >= 4 is 10.2 Å². The third kappa shape index (κ3) is 783. The summed E-state index contributed by atoms with van der Waals surface area (Å²) in [6, 6.07) is 0. The first-order valence-corrected chi connectivity index (χ1v) is 2.41. The number of nitrogens with two attached hydrogens (primary N) is 2. The minimum absolute atomic E-state index is 0. The fourth-order valence-electron chi connectivity index (χ4n) is 0. The van der Waals surface area contributed by atoms with Gasteiger partial charge in [-0.15, -0.1) is 0 Å². The summed E-state index contributed by atoms with van der Waals surface area (Å²) in [6.07, 6.45) is 0. The van der Waals surface area contributed by atoms with E-state index in [-0.39, 0.29) is 23.6 Å². The molecule has 0 rings (SSSR count). The van der Waals surface area contributed by atoms with Crippen LogP contribution in [0, 0.1) is 0 Å².